The highest BCUT2D eigenvalue weighted by molar-refractivity contribution is 5.31. The summed E-state index contributed by atoms with van der Waals surface area (Å²) in [7, 11) is 0. The Hall–Kier alpha value is -1.45. The van der Waals surface area contributed by atoms with Crippen molar-refractivity contribution in [2.24, 2.45) is 5.92 Å². The van der Waals surface area contributed by atoms with Crippen molar-refractivity contribution < 1.29 is 9.47 Å². The van der Waals surface area contributed by atoms with Crippen molar-refractivity contribution >= 4 is 0 Å². The van der Waals surface area contributed by atoms with E-state index in [0.29, 0.717) is 17.5 Å². The highest BCUT2D eigenvalue weighted by Crippen LogP contribution is 2.22. The molecule has 0 unspecified atom stereocenters. The van der Waals surface area contributed by atoms with Crippen LogP contribution in [0.1, 0.15) is 17.5 Å². The van der Waals surface area contributed by atoms with Gasteiger partial charge in [-0.15, -0.1) is 0 Å². The second-order valence-corrected chi connectivity index (χ2v) is 6.28. The normalized spacial score (nSPS) is 23.5. The maximum Gasteiger partial charge on any atom is 0.0991 e. The van der Waals surface area contributed by atoms with Crippen molar-refractivity contribution in [2.75, 3.05) is 46.1 Å². The summed E-state index contributed by atoms with van der Waals surface area (Å²) in [4.78, 5) is 2.55. The molecule has 0 amide bonds. The number of morpholine rings is 1. The van der Waals surface area contributed by atoms with Crippen LogP contribution < -0.4 is 5.32 Å². The van der Waals surface area contributed by atoms with E-state index in [1.54, 1.807) is 0 Å². The van der Waals surface area contributed by atoms with Gasteiger partial charge in [-0.3, -0.25) is 4.90 Å². The van der Waals surface area contributed by atoms with Gasteiger partial charge in [0.1, 0.15) is 0 Å². The minimum Gasteiger partial charge on any atom is -0.381 e. The lowest BCUT2D eigenvalue weighted by Crippen LogP contribution is -2.51. The Balaban J connectivity index is 1.53. The summed E-state index contributed by atoms with van der Waals surface area (Å²) in [6.45, 7) is 7.26. The van der Waals surface area contributed by atoms with Crippen molar-refractivity contribution in [1.82, 2.24) is 10.2 Å². The van der Waals surface area contributed by atoms with Crippen molar-refractivity contribution in [1.29, 1.82) is 5.26 Å². The minimum atomic E-state index is 0.514. The summed E-state index contributed by atoms with van der Waals surface area (Å²) >= 11 is 0. The van der Waals surface area contributed by atoms with Gasteiger partial charge in [-0.2, -0.15) is 5.26 Å². The Bertz CT molecular complexity index is 514. The number of ether oxygens (including phenoxy) is 2. The predicted octanol–water partition coefficient (Wildman–Crippen LogP) is 1.39. The van der Waals surface area contributed by atoms with Crippen LogP contribution in [0.15, 0.2) is 24.3 Å². The zero-order chi connectivity index (χ0) is 15.9. The van der Waals surface area contributed by atoms with Gasteiger partial charge in [0, 0.05) is 44.7 Å². The van der Waals surface area contributed by atoms with Gasteiger partial charge in [0.2, 0.25) is 0 Å². The van der Waals surface area contributed by atoms with E-state index in [9.17, 15) is 0 Å². The number of hydrogen-bond donors (Lipinski definition) is 1. The largest absolute Gasteiger partial charge is 0.381 e. The third-order valence-corrected chi connectivity index (χ3v) is 4.79. The Morgan fingerprint density at radius 2 is 1.96 bits per heavy atom. The van der Waals surface area contributed by atoms with Crippen molar-refractivity contribution in [2.45, 2.75) is 19.0 Å². The summed E-state index contributed by atoms with van der Waals surface area (Å²) in [6.07, 6.45) is 1.15. The van der Waals surface area contributed by atoms with E-state index in [0.717, 1.165) is 59.0 Å². The van der Waals surface area contributed by atoms with Crippen LogP contribution >= 0.6 is 0 Å². The first-order valence-corrected chi connectivity index (χ1v) is 8.46. The SMILES string of the molecule is N#Cc1ccc(CNC[C@@H]([C@H]2CCOC2)N2CCOCC2)cc1. The van der Waals surface area contributed by atoms with Crippen LogP contribution in [-0.4, -0.2) is 57.0 Å². The molecule has 2 heterocycles. The summed E-state index contributed by atoms with van der Waals surface area (Å²) in [6, 6.07) is 10.5. The molecule has 0 radical (unpaired) electrons. The molecule has 2 saturated heterocycles. The minimum absolute atomic E-state index is 0.514. The number of nitrogens with zero attached hydrogens (tertiary/aromatic N) is 2. The van der Waals surface area contributed by atoms with Crippen molar-refractivity contribution in [3.05, 3.63) is 35.4 Å². The third-order valence-electron chi connectivity index (χ3n) is 4.79. The summed E-state index contributed by atoms with van der Waals surface area (Å²) in [5.41, 5.74) is 1.93. The average Bonchev–Trinajstić information content (AvgIpc) is 3.14. The molecule has 1 aromatic rings. The molecular formula is C18H25N3O2. The van der Waals surface area contributed by atoms with Gasteiger partial charge in [0.05, 0.1) is 31.5 Å². The zero-order valence-corrected chi connectivity index (χ0v) is 13.5. The van der Waals surface area contributed by atoms with Crippen molar-refractivity contribution in [3.8, 4) is 6.07 Å². The van der Waals surface area contributed by atoms with E-state index < -0.39 is 0 Å². The molecule has 124 valence electrons. The fraction of sp³-hybridized carbons (Fsp3) is 0.611. The molecule has 0 aromatic heterocycles. The third kappa shape index (κ3) is 4.52. The van der Waals surface area contributed by atoms with Crippen LogP contribution in [0, 0.1) is 17.2 Å². The first-order valence-electron chi connectivity index (χ1n) is 8.46. The first kappa shape index (κ1) is 16.4. The number of rotatable bonds is 6. The lowest BCUT2D eigenvalue weighted by molar-refractivity contribution is 0.00137. The van der Waals surface area contributed by atoms with Gasteiger partial charge < -0.3 is 14.8 Å². The predicted molar refractivity (Wildman–Crippen MR) is 88.0 cm³/mol. The molecule has 5 nitrogen and oxygen atoms in total. The lowest BCUT2D eigenvalue weighted by Gasteiger charge is -2.37. The van der Waals surface area contributed by atoms with E-state index in [1.807, 2.05) is 24.3 Å². The van der Waals surface area contributed by atoms with Gasteiger partial charge in [-0.25, -0.2) is 0 Å². The Morgan fingerprint density at radius 1 is 1.17 bits per heavy atom. The molecular weight excluding hydrogens is 290 g/mol. The maximum absolute atomic E-state index is 8.85. The van der Waals surface area contributed by atoms with E-state index in [2.05, 4.69) is 16.3 Å². The van der Waals surface area contributed by atoms with Gasteiger partial charge in [0.25, 0.3) is 0 Å². The number of nitrogens with one attached hydrogen (secondary N) is 1. The smallest absolute Gasteiger partial charge is 0.0991 e. The molecule has 23 heavy (non-hydrogen) atoms. The van der Waals surface area contributed by atoms with Crippen LogP contribution in [0.25, 0.3) is 0 Å². The highest BCUT2D eigenvalue weighted by atomic mass is 16.5. The number of hydrogen-bond acceptors (Lipinski definition) is 5. The Labute approximate surface area is 138 Å². The van der Waals surface area contributed by atoms with Gasteiger partial charge in [-0.05, 0) is 24.1 Å². The quantitative estimate of drug-likeness (QED) is 0.859. The Morgan fingerprint density at radius 3 is 2.61 bits per heavy atom. The molecule has 5 heteroatoms. The standard InChI is InChI=1S/C18H25N3O2/c19-11-15-1-3-16(4-2-15)12-20-13-18(17-5-8-23-14-17)21-6-9-22-10-7-21/h1-4,17-18,20H,5-10,12-14H2/t17-,18-/m0/s1. The Kier molecular flexibility index (Phi) is 6.00. The molecule has 2 aliphatic heterocycles. The zero-order valence-electron chi connectivity index (χ0n) is 13.5. The second-order valence-electron chi connectivity index (χ2n) is 6.28. The number of nitriles is 1. The van der Waals surface area contributed by atoms with Crippen molar-refractivity contribution in [3.63, 3.8) is 0 Å². The molecule has 0 spiro atoms. The van der Waals surface area contributed by atoms with Crippen LogP contribution in [-0.2, 0) is 16.0 Å². The molecule has 1 aromatic carbocycles. The fourth-order valence-corrected chi connectivity index (χ4v) is 3.42. The van der Waals surface area contributed by atoms with Crippen LogP contribution in [0.2, 0.25) is 0 Å². The van der Waals surface area contributed by atoms with Gasteiger partial charge in [-0.1, -0.05) is 12.1 Å². The topological polar surface area (TPSA) is 57.5 Å². The number of benzene rings is 1. The molecule has 2 atom stereocenters. The van der Waals surface area contributed by atoms with Crippen LogP contribution in [0.4, 0.5) is 0 Å². The second kappa shape index (κ2) is 8.42. The molecule has 0 saturated carbocycles. The van der Waals surface area contributed by atoms with Crippen LogP contribution in [0.3, 0.4) is 0 Å². The molecule has 1 N–H and O–H groups in total. The van der Waals surface area contributed by atoms with Gasteiger partial charge >= 0.3 is 0 Å². The van der Waals surface area contributed by atoms with E-state index in [1.165, 1.54) is 5.56 Å². The molecule has 2 fully saturated rings. The summed E-state index contributed by atoms with van der Waals surface area (Å²) < 4.78 is 11.1. The molecule has 3 rings (SSSR count). The average molecular weight is 315 g/mol. The maximum atomic E-state index is 8.85. The molecule has 0 aliphatic carbocycles. The van der Waals surface area contributed by atoms with Crippen LogP contribution in [0.5, 0.6) is 0 Å². The van der Waals surface area contributed by atoms with E-state index in [-0.39, 0.29) is 0 Å². The first-order chi connectivity index (χ1) is 11.4. The molecule has 2 aliphatic rings. The lowest BCUT2D eigenvalue weighted by atomic mass is 9.96. The summed E-state index contributed by atoms with van der Waals surface area (Å²) in [5.74, 6) is 0.613. The fourth-order valence-electron chi connectivity index (χ4n) is 3.42. The summed E-state index contributed by atoms with van der Waals surface area (Å²) in [5, 5.41) is 12.4. The highest BCUT2D eigenvalue weighted by Gasteiger charge is 2.31. The van der Waals surface area contributed by atoms with E-state index >= 15 is 0 Å². The van der Waals surface area contributed by atoms with E-state index in [4.69, 9.17) is 14.7 Å². The van der Waals surface area contributed by atoms with Gasteiger partial charge in [0.15, 0.2) is 0 Å². The molecule has 0 bridgehead atoms. The monoisotopic (exact) mass is 315 g/mol.